The van der Waals surface area contributed by atoms with Gasteiger partial charge in [-0.2, -0.15) is 0 Å². The van der Waals surface area contributed by atoms with Crippen molar-refractivity contribution in [2.75, 3.05) is 6.61 Å². The van der Waals surface area contributed by atoms with Crippen LogP contribution in [0.4, 0.5) is 4.79 Å². The number of hydrogen-bond acceptors (Lipinski definition) is 3. The van der Waals surface area contributed by atoms with Gasteiger partial charge in [-0.15, -0.1) is 0 Å². The van der Waals surface area contributed by atoms with E-state index < -0.39 is 6.09 Å². The Morgan fingerprint density at radius 3 is 2.62 bits per heavy atom. The van der Waals surface area contributed by atoms with Crippen molar-refractivity contribution in [2.45, 2.75) is 32.7 Å². The Kier molecular flexibility index (Phi) is 6.22. The zero-order valence-electron chi connectivity index (χ0n) is 8.00. The van der Waals surface area contributed by atoms with E-state index in [1.807, 2.05) is 6.92 Å². The van der Waals surface area contributed by atoms with Crippen molar-refractivity contribution < 1.29 is 9.53 Å². The summed E-state index contributed by atoms with van der Waals surface area (Å²) in [5.74, 6) is 0. The third-order valence-electron chi connectivity index (χ3n) is 1.54. The molecular formula is C8H16N2O2S. The summed E-state index contributed by atoms with van der Waals surface area (Å²) < 4.78 is 4.72. The second-order valence-corrected chi connectivity index (χ2v) is 3.16. The second-order valence-electron chi connectivity index (χ2n) is 2.64. The Hall–Kier alpha value is -0.840. The minimum absolute atomic E-state index is 0.0171. The maximum absolute atomic E-state index is 11.0. The lowest BCUT2D eigenvalue weighted by atomic mass is 10.1. The first-order chi connectivity index (χ1) is 6.10. The van der Waals surface area contributed by atoms with Gasteiger partial charge in [0.25, 0.3) is 0 Å². The standard InChI is InChI=1S/C8H16N2O2S/c1-3-6(5-7(9)13)10-8(11)12-4-2/h6H,3-5H2,1-2H3,(H2,9,13)(H,10,11). The van der Waals surface area contributed by atoms with Gasteiger partial charge in [-0.05, 0) is 13.3 Å². The van der Waals surface area contributed by atoms with Gasteiger partial charge >= 0.3 is 6.09 Å². The molecule has 1 amide bonds. The fourth-order valence-corrected chi connectivity index (χ4v) is 1.08. The van der Waals surface area contributed by atoms with Crippen molar-refractivity contribution in [3.63, 3.8) is 0 Å². The molecule has 0 aliphatic rings. The van der Waals surface area contributed by atoms with Gasteiger partial charge in [-0.25, -0.2) is 4.79 Å². The number of carbonyl (C=O) groups excluding carboxylic acids is 1. The maximum Gasteiger partial charge on any atom is 0.407 e. The fraction of sp³-hybridized carbons (Fsp3) is 0.750. The van der Waals surface area contributed by atoms with Crippen molar-refractivity contribution in [1.29, 1.82) is 0 Å². The SMILES string of the molecule is CCOC(=O)NC(CC)CC(N)=S. The largest absolute Gasteiger partial charge is 0.450 e. The van der Waals surface area contributed by atoms with Crippen LogP contribution in [-0.2, 0) is 4.74 Å². The van der Waals surface area contributed by atoms with Crippen molar-refractivity contribution in [2.24, 2.45) is 5.73 Å². The first-order valence-corrected chi connectivity index (χ1v) is 4.72. The summed E-state index contributed by atoms with van der Waals surface area (Å²) in [6.07, 6.45) is 0.895. The highest BCUT2D eigenvalue weighted by atomic mass is 32.1. The molecule has 0 saturated carbocycles. The van der Waals surface area contributed by atoms with Gasteiger partial charge in [0.15, 0.2) is 0 Å². The van der Waals surface area contributed by atoms with Gasteiger partial charge in [0.1, 0.15) is 0 Å². The highest BCUT2D eigenvalue weighted by Gasteiger charge is 2.11. The van der Waals surface area contributed by atoms with E-state index in [1.54, 1.807) is 6.92 Å². The van der Waals surface area contributed by atoms with E-state index in [0.29, 0.717) is 18.0 Å². The van der Waals surface area contributed by atoms with E-state index in [4.69, 9.17) is 22.7 Å². The smallest absolute Gasteiger partial charge is 0.407 e. The van der Waals surface area contributed by atoms with Gasteiger partial charge in [0, 0.05) is 12.5 Å². The molecule has 0 heterocycles. The average molecular weight is 204 g/mol. The molecule has 0 bridgehead atoms. The highest BCUT2D eigenvalue weighted by Crippen LogP contribution is 1.98. The van der Waals surface area contributed by atoms with Crippen molar-refractivity contribution in [1.82, 2.24) is 5.32 Å². The van der Waals surface area contributed by atoms with Crippen molar-refractivity contribution in [3.8, 4) is 0 Å². The average Bonchev–Trinajstić information content (AvgIpc) is 2.02. The molecule has 0 fully saturated rings. The summed E-state index contributed by atoms with van der Waals surface area (Å²) in [4.78, 5) is 11.4. The molecule has 76 valence electrons. The Labute approximate surface area is 83.8 Å². The summed E-state index contributed by atoms with van der Waals surface area (Å²) in [7, 11) is 0. The first kappa shape index (κ1) is 12.2. The number of rotatable bonds is 5. The Morgan fingerprint density at radius 2 is 2.23 bits per heavy atom. The van der Waals surface area contributed by atoms with Gasteiger partial charge in [-0.1, -0.05) is 19.1 Å². The van der Waals surface area contributed by atoms with Crippen LogP contribution >= 0.6 is 12.2 Å². The summed E-state index contributed by atoms with van der Waals surface area (Å²) in [5, 5.41) is 2.67. The minimum atomic E-state index is -0.411. The van der Waals surface area contributed by atoms with Crippen LogP contribution in [-0.4, -0.2) is 23.7 Å². The summed E-state index contributed by atoms with van der Waals surface area (Å²) in [6.45, 7) is 4.08. The normalized spacial score (nSPS) is 11.8. The number of ether oxygens (including phenoxy) is 1. The number of amides is 1. The molecule has 13 heavy (non-hydrogen) atoms. The predicted octanol–water partition coefficient (Wildman–Crippen LogP) is 1.19. The monoisotopic (exact) mass is 204 g/mol. The molecule has 0 aromatic heterocycles. The molecule has 0 aliphatic carbocycles. The first-order valence-electron chi connectivity index (χ1n) is 4.31. The number of alkyl carbamates (subject to hydrolysis) is 1. The molecule has 5 heteroatoms. The zero-order valence-corrected chi connectivity index (χ0v) is 8.82. The lowest BCUT2D eigenvalue weighted by Crippen LogP contribution is -2.37. The van der Waals surface area contributed by atoms with Crippen LogP contribution in [0.5, 0.6) is 0 Å². The van der Waals surface area contributed by atoms with Crippen LogP contribution in [0.2, 0.25) is 0 Å². The maximum atomic E-state index is 11.0. The zero-order chi connectivity index (χ0) is 10.3. The number of thiocarbonyl (C=S) groups is 1. The number of nitrogens with two attached hydrogens (primary N) is 1. The van der Waals surface area contributed by atoms with Crippen LogP contribution in [0, 0.1) is 0 Å². The second kappa shape index (κ2) is 6.65. The van der Waals surface area contributed by atoms with Gasteiger partial charge in [-0.3, -0.25) is 0 Å². The molecule has 0 spiro atoms. The van der Waals surface area contributed by atoms with E-state index in [9.17, 15) is 4.79 Å². The lowest BCUT2D eigenvalue weighted by molar-refractivity contribution is 0.148. The molecular weight excluding hydrogens is 188 g/mol. The fourth-order valence-electron chi connectivity index (χ4n) is 0.880. The quantitative estimate of drug-likeness (QED) is 0.660. The van der Waals surface area contributed by atoms with E-state index in [1.165, 1.54) is 0 Å². The molecule has 0 radical (unpaired) electrons. The number of carbonyl (C=O) groups is 1. The van der Waals surface area contributed by atoms with Crippen LogP contribution in [0.15, 0.2) is 0 Å². The topological polar surface area (TPSA) is 64.3 Å². The third kappa shape index (κ3) is 6.33. The molecule has 4 nitrogen and oxygen atoms in total. The Balaban J connectivity index is 3.83. The Bertz CT molecular complexity index is 185. The van der Waals surface area contributed by atoms with Crippen molar-refractivity contribution >= 4 is 23.3 Å². The van der Waals surface area contributed by atoms with E-state index in [0.717, 1.165) is 6.42 Å². The van der Waals surface area contributed by atoms with Crippen LogP contribution < -0.4 is 11.1 Å². The number of nitrogens with one attached hydrogen (secondary N) is 1. The summed E-state index contributed by atoms with van der Waals surface area (Å²) >= 11 is 4.74. The molecule has 1 unspecified atom stereocenters. The van der Waals surface area contributed by atoms with Crippen LogP contribution in [0.1, 0.15) is 26.7 Å². The lowest BCUT2D eigenvalue weighted by Gasteiger charge is -2.15. The van der Waals surface area contributed by atoms with Gasteiger partial charge < -0.3 is 15.8 Å². The highest BCUT2D eigenvalue weighted by molar-refractivity contribution is 7.80. The number of hydrogen-bond donors (Lipinski definition) is 2. The summed E-state index contributed by atoms with van der Waals surface area (Å²) in [5.41, 5.74) is 5.36. The predicted molar refractivity (Wildman–Crippen MR) is 55.6 cm³/mol. The molecule has 0 saturated heterocycles. The molecule has 0 rings (SSSR count). The molecule has 0 aromatic rings. The van der Waals surface area contributed by atoms with E-state index >= 15 is 0 Å². The van der Waals surface area contributed by atoms with Crippen LogP contribution in [0.25, 0.3) is 0 Å². The summed E-state index contributed by atoms with van der Waals surface area (Å²) in [6, 6.07) is -0.0171. The van der Waals surface area contributed by atoms with E-state index in [2.05, 4.69) is 5.32 Å². The molecule has 1 atom stereocenters. The van der Waals surface area contributed by atoms with Gasteiger partial charge in [0.05, 0.1) is 11.6 Å². The minimum Gasteiger partial charge on any atom is -0.450 e. The van der Waals surface area contributed by atoms with E-state index in [-0.39, 0.29) is 6.04 Å². The third-order valence-corrected chi connectivity index (χ3v) is 1.70. The van der Waals surface area contributed by atoms with Crippen LogP contribution in [0.3, 0.4) is 0 Å². The molecule has 0 aliphatic heterocycles. The molecule has 3 N–H and O–H groups in total. The van der Waals surface area contributed by atoms with Crippen molar-refractivity contribution in [3.05, 3.63) is 0 Å². The van der Waals surface area contributed by atoms with Gasteiger partial charge in [0.2, 0.25) is 0 Å². The Morgan fingerprint density at radius 1 is 1.62 bits per heavy atom. The molecule has 0 aromatic carbocycles.